The number of fused-ring (bicyclic) bond motifs is 1. The molecule has 0 aliphatic heterocycles. The van der Waals surface area contributed by atoms with Gasteiger partial charge >= 0.3 is 0 Å². The van der Waals surface area contributed by atoms with E-state index in [2.05, 4.69) is 0 Å². The molecule has 1 aromatic heterocycles. The molecule has 4 heteroatoms. The highest BCUT2D eigenvalue weighted by atomic mass is 35.5. The minimum absolute atomic E-state index is 0.107. The number of hydrogen-bond acceptors (Lipinski definition) is 2. The van der Waals surface area contributed by atoms with Gasteiger partial charge in [-0.15, -0.1) is 22.9 Å². The molecule has 0 amide bonds. The second-order valence-electron chi connectivity index (χ2n) is 2.79. The Balaban J connectivity index is 2.81. The van der Waals surface area contributed by atoms with Crippen molar-refractivity contribution in [1.29, 1.82) is 5.26 Å². The number of thiophene rings is 1. The number of benzene rings is 1. The van der Waals surface area contributed by atoms with Crippen molar-refractivity contribution < 1.29 is 4.39 Å². The van der Waals surface area contributed by atoms with Crippen LogP contribution in [-0.4, -0.2) is 0 Å². The van der Waals surface area contributed by atoms with Gasteiger partial charge in [0.2, 0.25) is 0 Å². The second-order valence-corrected chi connectivity index (χ2v) is 4.23. The Kier molecular flexibility index (Phi) is 2.40. The van der Waals surface area contributed by atoms with Crippen LogP contribution in [0.4, 0.5) is 4.39 Å². The van der Waals surface area contributed by atoms with E-state index in [1.165, 1.54) is 17.4 Å². The predicted molar refractivity (Wildman–Crippen MR) is 56.1 cm³/mol. The van der Waals surface area contributed by atoms with Crippen LogP contribution in [-0.2, 0) is 5.88 Å². The van der Waals surface area contributed by atoms with Crippen molar-refractivity contribution in [3.05, 3.63) is 34.5 Å². The maximum atomic E-state index is 13.2. The highest BCUT2D eigenvalue weighted by Crippen LogP contribution is 2.30. The molecular formula is C10H5ClFNS. The number of nitrogens with zero attached hydrogens (tertiary/aromatic N) is 1. The van der Waals surface area contributed by atoms with Gasteiger partial charge in [-0.2, -0.15) is 5.26 Å². The summed E-state index contributed by atoms with van der Waals surface area (Å²) in [4.78, 5) is 0.948. The van der Waals surface area contributed by atoms with E-state index < -0.39 is 5.82 Å². The Morgan fingerprint density at radius 1 is 1.50 bits per heavy atom. The summed E-state index contributed by atoms with van der Waals surface area (Å²) in [6.45, 7) is 0. The highest BCUT2D eigenvalue weighted by molar-refractivity contribution is 7.19. The van der Waals surface area contributed by atoms with Gasteiger partial charge in [0.05, 0.1) is 11.4 Å². The van der Waals surface area contributed by atoms with Crippen molar-refractivity contribution in [3.8, 4) is 6.07 Å². The molecule has 1 heterocycles. The molecule has 0 saturated carbocycles. The van der Waals surface area contributed by atoms with Gasteiger partial charge in [0.15, 0.2) is 0 Å². The lowest BCUT2D eigenvalue weighted by Gasteiger charge is -1.93. The van der Waals surface area contributed by atoms with Crippen molar-refractivity contribution in [2.45, 2.75) is 5.88 Å². The van der Waals surface area contributed by atoms with Crippen LogP contribution in [0.15, 0.2) is 18.2 Å². The zero-order valence-corrected chi connectivity index (χ0v) is 8.62. The molecule has 0 unspecified atom stereocenters. The lowest BCUT2D eigenvalue weighted by atomic mass is 10.1. The van der Waals surface area contributed by atoms with E-state index in [0.717, 1.165) is 9.58 Å². The first-order valence-electron chi connectivity index (χ1n) is 3.93. The van der Waals surface area contributed by atoms with Crippen molar-refractivity contribution in [2.75, 3.05) is 0 Å². The largest absolute Gasteiger partial charge is 0.206 e. The van der Waals surface area contributed by atoms with Gasteiger partial charge in [0.25, 0.3) is 0 Å². The molecular weight excluding hydrogens is 221 g/mol. The van der Waals surface area contributed by atoms with E-state index in [-0.39, 0.29) is 5.56 Å². The maximum Gasteiger partial charge on any atom is 0.141 e. The van der Waals surface area contributed by atoms with Crippen LogP contribution in [0.5, 0.6) is 0 Å². The molecule has 0 aliphatic rings. The first-order chi connectivity index (χ1) is 6.76. The highest BCUT2D eigenvalue weighted by Gasteiger charge is 2.09. The van der Waals surface area contributed by atoms with E-state index in [4.69, 9.17) is 16.9 Å². The minimum atomic E-state index is -0.473. The Labute approximate surface area is 89.3 Å². The molecule has 2 aromatic rings. The molecule has 0 spiro atoms. The normalized spacial score (nSPS) is 10.4. The standard InChI is InChI=1S/C10H5ClFNS/c11-4-6-3-7-8(5-13)9(12)1-2-10(7)14-6/h1-3H,4H2. The topological polar surface area (TPSA) is 23.8 Å². The molecule has 1 aromatic carbocycles. The molecule has 0 fully saturated rings. The van der Waals surface area contributed by atoms with Crippen LogP contribution >= 0.6 is 22.9 Å². The van der Waals surface area contributed by atoms with E-state index in [0.29, 0.717) is 11.3 Å². The van der Waals surface area contributed by atoms with Gasteiger partial charge in [0.1, 0.15) is 11.9 Å². The fourth-order valence-electron chi connectivity index (χ4n) is 1.32. The van der Waals surface area contributed by atoms with Crippen LogP contribution in [0.1, 0.15) is 10.4 Å². The van der Waals surface area contributed by atoms with Crippen LogP contribution in [0.2, 0.25) is 0 Å². The lowest BCUT2D eigenvalue weighted by molar-refractivity contribution is 0.626. The van der Waals surface area contributed by atoms with E-state index in [1.807, 2.05) is 6.07 Å². The quantitative estimate of drug-likeness (QED) is 0.680. The van der Waals surface area contributed by atoms with Gasteiger partial charge in [-0.3, -0.25) is 0 Å². The van der Waals surface area contributed by atoms with Gasteiger partial charge in [-0.1, -0.05) is 0 Å². The Morgan fingerprint density at radius 3 is 2.93 bits per heavy atom. The number of halogens is 2. The average molecular weight is 226 g/mol. The molecule has 0 atom stereocenters. The van der Waals surface area contributed by atoms with E-state index in [9.17, 15) is 4.39 Å². The van der Waals surface area contributed by atoms with Gasteiger partial charge in [0, 0.05) is 15.0 Å². The lowest BCUT2D eigenvalue weighted by Crippen LogP contribution is -1.82. The summed E-state index contributed by atoms with van der Waals surface area (Å²) >= 11 is 7.15. The number of nitriles is 1. The smallest absolute Gasteiger partial charge is 0.141 e. The molecule has 1 nitrogen and oxygen atoms in total. The van der Waals surface area contributed by atoms with Crippen LogP contribution in [0.25, 0.3) is 10.1 Å². The third kappa shape index (κ3) is 1.37. The second kappa shape index (κ2) is 3.56. The van der Waals surface area contributed by atoms with Crippen molar-refractivity contribution in [1.82, 2.24) is 0 Å². The van der Waals surface area contributed by atoms with Crippen molar-refractivity contribution in [2.24, 2.45) is 0 Å². The fraction of sp³-hybridized carbons (Fsp3) is 0.100. The maximum absolute atomic E-state index is 13.2. The third-order valence-electron chi connectivity index (χ3n) is 1.94. The number of rotatable bonds is 1. The van der Waals surface area contributed by atoms with Gasteiger partial charge < -0.3 is 0 Å². The summed E-state index contributed by atoms with van der Waals surface area (Å²) in [5.74, 6) is -0.0785. The fourth-order valence-corrected chi connectivity index (χ4v) is 2.48. The molecule has 0 saturated heterocycles. The van der Waals surface area contributed by atoms with E-state index >= 15 is 0 Å². The molecule has 0 aliphatic carbocycles. The Morgan fingerprint density at radius 2 is 2.29 bits per heavy atom. The first-order valence-corrected chi connectivity index (χ1v) is 5.28. The molecule has 2 rings (SSSR count). The average Bonchev–Trinajstić information content (AvgIpc) is 2.60. The van der Waals surface area contributed by atoms with Crippen LogP contribution in [0, 0.1) is 17.1 Å². The molecule has 14 heavy (non-hydrogen) atoms. The van der Waals surface area contributed by atoms with Crippen molar-refractivity contribution in [3.63, 3.8) is 0 Å². The van der Waals surface area contributed by atoms with Gasteiger partial charge in [-0.25, -0.2) is 4.39 Å². The molecule has 0 radical (unpaired) electrons. The van der Waals surface area contributed by atoms with Gasteiger partial charge in [-0.05, 0) is 18.2 Å². The molecule has 70 valence electrons. The summed E-state index contributed by atoms with van der Waals surface area (Å²) < 4.78 is 14.1. The van der Waals surface area contributed by atoms with E-state index in [1.54, 1.807) is 12.1 Å². The summed E-state index contributed by atoms with van der Waals surface area (Å²) in [6.07, 6.45) is 0. The minimum Gasteiger partial charge on any atom is -0.206 e. The monoisotopic (exact) mass is 225 g/mol. The zero-order valence-electron chi connectivity index (χ0n) is 7.05. The number of alkyl halides is 1. The Hall–Kier alpha value is -1.11. The molecule has 0 bridgehead atoms. The summed E-state index contributed by atoms with van der Waals surface area (Å²) in [5, 5.41) is 9.44. The summed E-state index contributed by atoms with van der Waals surface area (Å²) in [5.41, 5.74) is 0.107. The van der Waals surface area contributed by atoms with Crippen LogP contribution < -0.4 is 0 Å². The predicted octanol–water partition coefficient (Wildman–Crippen LogP) is 3.65. The summed E-state index contributed by atoms with van der Waals surface area (Å²) in [6, 6.07) is 6.62. The van der Waals surface area contributed by atoms with Crippen LogP contribution in [0.3, 0.4) is 0 Å². The number of hydrogen-bond donors (Lipinski definition) is 0. The first kappa shape index (κ1) is 9.45. The SMILES string of the molecule is N#Cc1c(F)ccc2sc(CCl)cc12. The Bertz CT molecular complexity index is 527. The molecule has 0 N–H and O–H groups in total. The van der Waals surface area contributed by atoms with Crippen molar-refractivity contribution >= 4 is 33.0 Å². The summed E-state index contributed by atoms with van der Waals surface area (Å²) in [7, 11) is 0. The third-order valence-corrected chi connectivity index (χ3v) is 3.49. The zero-order chi connectivity index (χ0) is 10.1.